The van der Waals surface area contributed by atoms with Gasteiger partial charge in [0.05, 0.1) is 23.3 Å². The van der Waals surface area contributed by atoms with E-state index in [4.69, 9.17) is 0 Å². The maximum atomic E-state index is 2.62. The van der Waals surface area contributed by atoms with Gasteiger partial charge in [-0.15, -0.1) is 0 Å². The first-order chi connectivity index (χ1) is 20.2. The van der Waals surface area contributed by atoms with Crippen LogP contribution >= 0.6 is 0 Å². The lowest BCUT2D eigenvalue weighted by atomic mass is 9.77. The Morgan fingerprint density at radius 1 is 0.610 bits per heavy atom. The molecule has 5 aromatic rings. The van der Waals surface area contributed by atoms with Crippen LogP contribution in [0.15, 0.2) is 97.6 Å². The Labute approximate surface area is 244 Å². The van der Waals surface area contributed by atoms with E-state index < -0.39 is 0 Å². The number of benzene rings is 2. The fourth-order valence-corrected chi connectivity index (χ4v) is 7.05. The Balaban J connectivity index is 1.51. The average molecular weight is 539 g/mol. The van der Waals surface area contributed by atoms with Gasteiger partial charge in [0.2, 0.25) is 17.1 Å². The van der Waals surface area contributed by atoms with Crippen molar-refractivity contribution >= 4 is 0 Å². The molecule has 3 nitrogen and oxygen atoms in total. The van der Waals surface area contributed by atoms with Crippen LogP contribution in [0.25, 0.3) is 39.3 Å². The lowest BCUT2D eigenvalue weighted by Crippen LogP contribution is -2.42. The van der Waals surface area contributed by atoms with Crippen LogP contribution in [0.4, 0.5) is 0 Å². The summed E-state index contributed by atoms with van der Waals surface area (Å²) in [6.07, 6.45) is 18.4. The van der Waals surface area contributed by atoms with Crippen LogP contribution in [-0.4, -0.2) is 0 Å². The zero-order chi connectivity index (χ0) is 27.8. The Hall–Kier alpha value is -4.11. The van der Waals surface area contributed by atoms with Crippen LogP contribution in [-0.2, 0) is 39.3 Å². The van der Waals surface area contributed by atoms with Crippen molar-refractivity contribution in [3.63, 3.8) is 0 Å². The number of hydrogen-bond acceptors (Lipinski definition) is 0. The molecule has 0 bridgehead atoms. The van der Waals surface area contributed by atoms with Gasteiger partial charge >= 0.3 is 0 Å². The Kier molecular flexibility index (Phi) is 6.96. The molecule has 0 saturated carbocycles. The Bertz CT molecular complexity index is 1640. The summed E-state index contributed by atoms with van der Waals surface area (Å²) >= 11 is 0. The lowest BCUT2D eigenvalue weighted by Gasteiger charge is -2.28. The van der Waals surface area contributed by atoms with E-state index in [1.807, 2.05) is 0 Å². The second-order valence-corrected chi connectivity index (χ2v) is 11.8. The number of aromatic nitrogens is 3. The second-order valence-electron chi connectivity index (χ2n) is 11.8. The highest BCUT2D eigenvalue weighted by Gasteiger charge is 2.39. The third-order valence-corrected chi connectivity index (χ3v) is 9.12. The first-order valence-corrected chi connectivity index (χ1v) is 15.5. The topological polar surface area (TPSA) is 11.6 Å². The SMILES string of the molecule is CCCCCC[n+]1ccc(-[n+]2c3c(c(-c4cc[n+](C)cc4)c4c2-c2ccccc2CC4)CCc2ccccc2-3)cc1. The zero-order valence-electron chi connectivity index (χ0n) is 24.4. The molecule has 204 valence electrons. The van der Waals surface area contributed by atoms with Crippen LogP contribution in [0.2, 0.25) is 0 Å². The molecule has 0 fully saturated rings. The quantitative estimate of drug-likeness (QED) is 0.159. The summed E-state index contributed by atoms with van der Waals surface area (Å²) in [6.45, 7) is 3.36. The molecule has 0 aliphatic heterocycles. The molecule has 0 N–H and O–H groups in total. The zero-order valence-corrected chi connectivity index (χ0v) is 24.4. The monoisotopic (exact) mass is 538 g/mol. The number of fused-ring (bicyclic) bond motifs is 6. The van der Waals surface area contributed by atoms with E-state index in [1.165, 1.54) is 87.3 Å². The summed E-state index contributed by atoms with van der Waals surface area (Å²) in [7, 11) is 2.10. The van der Waals surface area contributed by atoms with Gasteiger partial charge in [-0.05, 0) is 60.9 Å². The summed E-state index contributed by atoms with van der Waals surface area (Å²) < 4.78 is 7.12. The largest absolute Gasteiger partial charge is 0.223 e. The summed E-state index contributed by atoms with van der Waals surface area (Å²) in [6, 6.07) is 27.5. The van der Waals surface area contributed by atoms with Crippen LogP contribution in [0.1, 0.15) is 54.9 Å². The molecule has 0 unspecified atom stereocenters. The smallest absolute Gasteiger partial charge is 0.208 e. The van der Waals surface area contributed by atoms with Gasteiger partial charge in [-0.1, -0.05) is 56.2 Å². The molecule has 41 heavy (non-hydrogen) atoms. The molecule has 3 heteroatoms. The molecule has 0 radical (unpaired) electrons. The average Bonchev–Trinajstić information content (AvgIpc) is 3.02. The van der Waals surface area contributed by atoms with Crippen molar-refractivity contribution < 1.29 is 13.7 Å². The third kappa shape index (κ3) is 4.68. The first-order valence-electron chi connectivity index (χ1n) is 15.5. The fourth-order valence-electron chi connectivity index (χ4n) is 7.05. The van der Waals surface area contributed by atoms with Crippen molar-refractivity contribution in [3.8, 4) is 39.3 Å². The van der Waals surface area contributed by atoms with Gasteiger partial charge in [-0.25, -0.2) is 9.13 Å². The summed E-state index contributed by atoms with van der Waals surface area (Å²) in [5.41, 5.74) is 15.4. The minimum absolute atomic E-state index is 1.06. The van der Waals surface area contributed by atoms with Crippen LogP contribution < -0.4 is 13.7 Å². The molecule has 0 saturated heterocycles. The highest BCUT2D eigenvalue weighted by Crippen LogP contribution is 2.45. The minimum Gasteiger partial charge on any atom is -0.208 e. The van der Waals surface area contributed by atoms with Crippen molar-refractivity contribution in [2.24, 2.45) is 7.05 Å². The van der Waals surface area contributed by atoms with Crippen molar-refractivity contribution in [3.05, 3.63) is 120 Å². The van der Waals surface area contributed by atoms with Gasteiger partial charge in [0.15, 0.2) is 24.8 Å². The number of pyridine rings is 3. The van der Waals surface area contributed by atoms with E-state index in [0.717, 1.165) is 32.2 Å². The van der Waals surface area contributed by atoms with Gasteiger partial charge in [0, 0.05) is 35.2 Å². The second kappa shape index (κ2) is 11.0. The van der Waals surface area contributed by atoms with Crippen LogP contribution in [0, 0.1) is 0 Å². The van der Waals surface area contributed by atoms with E-state index in [0.29, 0.717) is 0 Å². The van der Waals surface area contributed by atoms with Crippen LogP contribution in [0.5, 0.6) is 0 Å². The van der Waals surface area contributed by atoms with Gasteiger partial charge < -0.3 is 0 Å². The normalized spacial score (nSPS) is 13.2. The molecule has 2 aliphatic rings. The van der Waals surface area contributed by atoms with Gasteiger partial charge in [-0.2, -0.15) is 4.57 Å². The molecular weight excluding hydrogens is 498 g/mol. The predicted molar refractivity (Wildman–Crippen MR) is 165 cm³/mol. The maximum absolute atomic E-state index is 2.62. The highest BCUT2D eigenvalue weighted by atomic mass is 15.0. The molecule has 3 aromatic heterocycles. The number of unbranched alkanes of at least 4 members (excludes halogenated alkanes) is 3. The van der Waals surface area contributed by atoms with Crippen molar-refractivity contribution in [1.82, 2.24) is 0 Å². The van der Waals surface area contributed by atoms with Gasteiger partial charge in [-0.3, -0.25) is 0 Å². The lowest BCUT2D eigenvalue weighted by molar-refractivity contribution is -0.698. The Morgan fingerprint density at radius 3 is 1.78 bits per heavy atom. The molecule has 2 aromatic carbocycles. The first kappa shape index (κ1) is 25.8. The van der Waals surface area contributed by atoms with Gasteiger partial charge in [0.25, 0.3) is 0 Å². The minimum atomic E-state index is 1.06. The van der Waals surface area contributed by atoms with Crippen molar-refractivity contribution in [2.45, 2.75) is 64.8 Å². The van der Waals surface area contributed by atoms with Crippen molar-refractivity contribution in [2.75, 3.05) is 0 Å². The number of aryl methyl sites for hydroxylation is 4. The number of hydrogen-bond donors (Lipinski definition) is 0. The van der Waals surface area contributed by atoms with E-state index in [-0.39, 0.29) is 0 Å². The molecular formula is C38H40N3+3. The highest BCUT2D eigenvalue weighted by molar-refractivity contribution is 5.85. The van der Waals surface area contributed by atoms with E-state index in [9.17, 15) is 0 Å². The molecule has 0 atom stereocenters. The standard InChI is InChI=1S/C38H40N3/c1-3-4-5-10-23-40-26-21-31(22-27-40)41-37-32-13-8-6-11-28(32)15-17-34(37)36(30-19-24-39(2)25-20-30)35-18-16-29-12-7-9-14-33(29)38(35)41/h6-9,11-14,19-22,24-27H,3-5,10,15-18,23H2,1-2H3/q+3. The van der Waals surface area contributed by atoms with Crippen LogP contribution in [0.3, 0.4) is 0 Å². The number of rotatable bonds is 7. The predicted octanol–water partition coefficient (Wildman–Crippen LogP) is 6.85. The van der Waals surface area contributed by atoms with E-state index in [1.54, 1.807) is 0 Å². The molecule has 0 spiro atoms. The fraction of sp³-hybridized carbons (Fsp3) is 0.289. The van der Waals surface area contributed by atoms with Crippen molar-refractivity contribution in [1.29, 1.82) is 0 Å². The van der Waals surface area contributed by atoms with Gasteiger partial charge in [0.1, 0.15) is 13.6 Å². The maximum Gasteiger partial charge on any atom is 0.223 e. The summed E-state index contributed by atoms with van der Waals surface area (Å²) in [5, 5.41) is 0. The number of nitrogens with zero attached hydrogens (tertiary/aromatic N) is 3. The third-order valence-electron chi connectivity index (χ3n) is 9.12. The van der Waals surface area contributed by atoms with E-state index in [2.05, 4.69) is 125 Å². The summed E-state index contributed by atoms with van der Waals surface area (Å²) in [4.78, 5) is 0. The summed E-state index contributed by atoms with van der Waals surface area (Å²) in [5.74, 6) is 0. The molecule has 3 heterocycles. The molecule has 2 aliphatic carbocycles. The molecule has 0 amide bonds. The van der Waals surface area contributed by atoms with E-state index >= 15 is 0 Å². The Morgan fingerprint density at radius 2 is 1.20 bits per heavy atom. The molecule has 7 rings (SSSR count).